The van der Waals surface area contributed by atoms with Crippen molar-refractivity contribution in [2.75, 3.05) is 5.75 Å². The van der Waals surface area contributed by atoms with Crippen molar-refractivity contribution < 1.29 is 4.79 Å². The average Bonchev–Trinajstić information content (AvgIpc) is 2.44. The molecule has 0 spiro atoms. The fourth-order valence-electron chi connectivity index (χ4n) is 2.00. The predicted molar refractivity (Wildman–Crippen MR) is 84.8 cm³/mol. The van der Waals surface area contributed by atoms with E-state index < -0.39 is 0 Å². The maximum atomic E-state index is 11.6. The van der Waals surface area contributed by atoms with Crippen LogP contribution in [0, 0.1) is 0 Å². The summed E-state index contributed by atoms with van der Waals surface area (Å²) in [6.45, 7) is 2.20. The third kappa shape index (κ3) is 8.88. The zero-order valence-corrected chi connectivity index (χ0v) is 12.9. The maximum absolute atomic E-state index is 11.6. The topological polar surface area (TPSA) is 17.1 Å². The van der Waals surface area contributed by atoms with Crippen LogP contribution in [0.2, 0.25) is 0 Å². The summed E-state index contributed by atoms with van der Waals surface area (Å²) in [6, 6.07) is 10.5. The zero-order valence-electron chi connectivity index (χ0n) is 12.1. The molecule has 0 atom stereocenters. The molecule has 1 aromatic rings. The minimum absolute atomic E-state index is 0.459. The number of hydrogen-bond donors (Lipinski definition) is 0. The van der Waals surface area contributed by atoms with E-state index in [9.17, 15) is 4.79 Å². The molecule has 0 radical (unpaired) electrons. The highest BCUT2D eigenvalue weighted by Crippen LogP contribution is 2.19. The van der Waals surface area contributed by atoms with Gasteiger partial charge in [-0.05, 0) is 37.1 Å². The number of Topliss-reactive ketones (excluding diaryl/α,β-unsaturated/α-hetero) is 1. The van der Waals surface area contributed by atoms with Gasteiger partial charge in [0.1, 0.15) is 5.78 Å². The summed E-state index contributed by atoms with van der Waals surface area (Å²) < 4.78 is 0. The third-order valence-electron chi connectivity index (χ3n) is 3.17. The maximum Gasteiger partial charge on any atom is 0.132 e. The van der Waals surface area contributed by atoms with Gasteiger partial charge in [-0.3, -0.25) is 4.79 Å². The van der Waals surface area contributed by atoms with Gasteiger partial charge in [-0.25, -0.2) is 0 Å². The number of carbonyl (C=O) groups is 1. The van der Waals surface area contributed by atoms with Crippen LogP contribution in [0.4, 0.5) is 0 Å². The fourth-order valence-corrected chi connectivity index (χ4v) is 2.94. The molecule has 106 valence electrons. The van der Waals surface area contributed by atoms with Gasteiger partial charge in [0.15, 0.2) is 0 Å². The summed E-state index contributed by atoms with van der Waals surface area (Å²) in [5.74, 6) is 1.58. The van der Waals surface area contributed by atoms with Crippen molar-refractivity contribution in [2.45, 2.75) is 63.2 Å². The Morgan fingerprint density at radius 1 is 0.947 bits per heavy atom. The van der Waals surface area contributed by atoms with E-state index in [1.807, 2.05) is 17.8 Å². The van der Waals surface area contributed by atoms with E-state index >= 15 is 0 Å². The summed E-state index contributed by atoms with van der Waals surface area (Å²) in [6.07, 6.45) is 8.57. The van der Waals surface area contributed by atoms with Crippen molar-refractivity contribution in [1.29, 1.82) is 0 Å². The van der Waals surface area contributed by atoms with Gasteiger partial charge in [-0.2, -0.15) is 0 Å². The molecule has 0 heterocycles. The van der Waals surface area contributed by atoms with Crippen LogP contribution in [0.15, 0.2) is 35.2 Å². The molecule has 0 unspecified atom stereocenters. The van der Waals surface area contributed by atoms with Crippen LogP contribution in [-0.4, -0.2) is 11.5 Å². The van der Waals surface area contributed by atoms with Crippen LogP contribution < -0.4 is 0 Å². The van der Waals surface area contributed by atoms with Crippen molar-refractivity contribution in [3.8, 4) is 0 Å². The number of rotatable bonds is 11. The number of thioether (sulfide) groups is 1. The van der Waals surface area contributed by atoms with Crippen molar-refractivity contribution in [3.63, 3.8) is 0 Å². The van der Waals surface area contributed by atoms with Crippen molar-refractivity contribution >= 4 is 17.5 Å². The second-order valence-electron chi connectivity index (χ2n) is 4.97. The quantitative estimate of drug-likeness (QED) is 0.393. The summed E-state index contributed by atoms with van der Waals surface area (Å²) >= 11 is 1.89. The molecule has 19 heavy (non-hydrogen) atoms. The molecule has 0 N–H and O–H groups in total. The highest BCUT2D eigenvalue weighted by molar-refractivity contribution is 7.99. The van der Waals surface area contributed by atoms with E-state index in [2.05, 4.69) is 31.2 Å². The van der Waals surface area contributed by atoms with Gasteiger partial charge >= 0.3 is 0 Å². The van der Waals surface area contributed by atoms with Gasteiger partial charge in [-0.15, -0.1) is 11.8 Å². The van der Waals surface area contributed by atoms with Gasteiger partial charge in [0.2, 0.25) is 0 Å². The van der Waals surface area contributed by atoms with Crippen LogP contribution in [0.5, 0.6) is 0 Å². The minimum Gasteiger partial charge on any atom is -0.300 e. The molecule has 0 fully saturated rings. The number of benzene rings is 1. The van der Waals surface area contributed by atoms with Crippen LogP contribution >= 0.6 is 11.8 Å². The number of carbonyl (C=O) groups excluding carboxylic acids is 1. The zero-order chi connectivity index (χ0) is 13.8. The van der Waals surface area contributed by atoms with Crippen LogP contribution in [0.3, 0.4) is 0 Å². The van der Waals surface area contributed by atoms with Crippen LogP contribution in [0.25, 0.3) is 0 Å². The fraction of sp³-hybridized carbons (Fsp3) is 0.588. The van der Waals surface area contributed by atoms with E-state index in [1.54, 1.807) is 0 Å². The van der Waals surface area contributed by atoms with Crippen LogP contribution in [0.1, 0.15) is 58.3 Å². The number of unbranched alkanes of at least 4 members (excludes halogenated alkanes) is 4. The summed E-state index contributed by atoms with van der Waals surface area (Å²) in [5.41, 5.74) is 0. The van der Waals surface area contributed by atoms with Gasteiger partial charge in [-0.1, -0.05) is 44.4 Å². The van der Waals surface area contributed by atoms with Gasteiger partial charge in [0, 0.05) is 17.7 Å². The Kier molecular flexibility index (Phi) is 9.52. The smallest absolute Gasteiger partial charge is 0.132 e. The Morgan fingerprint density at radius 2 is 1.63 bits per heavy atom. The van der Waals surface area contributed by atoms with E-state index in [-0.39, 0.29) is 0 Å². The third-order valence-corrected chi connectivity index (χ3v) is 4.27. The van der Waals surface area contributed by atoms with Crippen molar-refractivity contribution in [3.05, 3.63) is 30.3 Å². The molecule has 0 aromatic heterocycles. The predicted octanol–water partition coefficient (Wildman–Crippen LogP) is 5.49. The molecule has 1 nitrogen and oxygen atoms in total. The van der Waals surface area contributed by atoms with E-state index in [4.69, 9.17) is 0 Å². The lowest BCUT2D eigenvalue weighted by atomic mass is 10.1. The SMILES string of the molecule is CCCCCCC(=O)CCCCSc1ccccc1. The molecular weight excluding hydrogens is 252 g/mol. The van der Waals surface area contributed by atoms with Gasteiger partial charge in [0.25, 0.3) is 0 Å². The van der Waals surface area contributed by atoms with Gasteiger partial charge < -0.3 is 0 Å². The Morgan fingerprint density at radius 3 is 2.32 bits per heavy atom. The van der Waals surface area contributed by atoms with E-state index in [0.717, 1.165) is 37.9 Å². The van der Waals surface area contributed by atoms with Crippen molar-refractivity contribution in [2.24, 2.45) is 0 Å². The first kappa shape index (κ1) is 16.3. The second-order valence-corrected chi connectivity index (χ2v) is 6.14. The number of hydrogen-bond acceptors (Lipinski definition) is 2. The first-order valence-corrected chi connectivity index (χ1v) is 8.51. The first-order chi connectivity index (χ1) is 9.33. The Labute approximate surface area is 122 Å². The summed E-state index contributed by atoms with van der Waals surface area (Å²) in [5, 5.41) is 0. The lowest BCUT2D eigenvalue weighted by Gasteiger charge is -2.02. The molecule has 0 saturated heterocycles. The standard InChI is InChI=1S/C17H26OS/c1-2-3-4-6-11-16(18)12-9-10-15-19-17-13-7-5-8-14-17/h5,7-8,13-14H,2-4,6,9-12,15H2,1H3. The van der Waals surface area contributed by atoms with Gasteiger partial charge in [0.05, 0.1) is 0 Å². The minimum atomic E-state index is 0.459. The summed E-state index contributed by atoms with van der Waals surface area (Å²) in [7, 11) is 0. The van der Waals surface area contributed by atoms with E-state index in [0.29, 0.717) is 5.78 Å². The first-order valence-electron chi connectivity index (χ1n) is 7.52. The highest BCUT2D eigenvalue weighted by atomic mass is 32.2. The molecule has 2 heteroatoms. The Bertz CT molecular complexity index is 334. The molecule has 0 aliphatic carbocycles. The summed E-state index contributed by atoms with van der Waals surface area (Å²) in [4.78, 5) is 13.0. The average molecular weight is 278 g/mol. The Hall–Kier alpha value is -0.760. The molecule has 0 saturated carbocycles. The number of ketones is 1. The lowest BCUT2D eigenvalue weighted by Crippen LogP contribution is -1.98. The second kappa shape index (κ2) is 11.1. The molecule has 0 aliphatic rings. The molecular formula is C17H26OS. The molecule has 0 aliphatic heterocycles. The molecule has 0 amide bonds. The molecule has 1 rings (SSSR count). The lowest BCUT2D eigenvalue weighted by molar-refractivity contribution is -0.119. The van der Waals surface area contributed by atoms with Crippen molar-refractivity contribution in [1.82, 2.24) is 0 Å². The Balaban J connectivity index is 1.94. The molecule has 0 bridgehead atoms. The largest absolute Gasteiger partial charge is 0.300 e. The van der Waals surface area contributed by atoms with E-state index in [1.165, 1.54) is 24.2 Å². The molecule has 1 aromatic carbocycles. The highest BCUT2D eigenvalue weighted by Gasteiger charge is 2.01. The van der Waals surface area contributed by atoms with Crippen LogP contribution in [-0.2, 0) is 4.79 Å². The monoisotopic (exact) mass is 278 g/mol. The normalized spacial score (nSPS) is 10.6.